The number of hydrogen-bond acceptors (Lipinski definition) is 3. The van der Waals surface area contributed by atoms with Crippen molar-refractivity contribution < 1.29 is 27.9 Å². The summed E-state index contributed by atoms with van der Waals surface area (Å²) in [5, 5.41) is 11.8. The predicted molar refractivity (Wildman–Crippen MR) is 74.7 cm³/mol. The van der Waals surface area contributed by atoms with Gasteiger partial charge >= 0.3 is 0 Å². The number of amides is 2. The molecule has 0 saturated carbocycles. The van der Waals surface area contributed by atoms with Crippen molar-refractivity contribution in [2.45, 2.75) is 31.8 Å². The molecule has 0 aromatic heterocycles. The summed E-state index contributed by atoms with van der Waals surface area (Å²) in [6.45, 7) is 1.18. The molecule has 2 N–H and O–H groups in total. The normalized spacial score (nSPS) is 18.8. The van der Waals surface area contributed by atoms with Crippen molar-refractivity contribution in [3.63, 3.8) is 0 Å². The summed E-state index contributed by atoms with van der Waals surface area (Å²) in [7, 11) is 0. The summed E-state index contributed by atoms with van der Waals surface area (Å²) in [5.41, 5.74) is -0.0929. The minimum absolute atomic E-state index is 0.0929. The number of nitrogens with one attached hydrogen (secondary N) is 1. The minimum atomic E-state index is -1.62. The number of carbonyl (C=O) groups is 2. The largest absolute Gasteiger partial charge is 0.394 e. The lowest BCUT2D eigenvalue weighted by atomic mass is 10.1. The first-order valence-corrected chi connectivity index (χ1v) is 7.18. The third-order valence-electron chi connectivity index (χ3n) is 3.87. The predicted octanol–water partition coefficient (Wildman–Crippen LogP) is 1.26. The van der Waals surface area contributed by atoms with Gasteiger partial charge in [-0.15, -0.1) is 0 Å². The fourth-order valence-electron chi connectivity index (χ4n) is 2.69. The number of rotatable bonds is 4. The van der Waals surface area contributed by atoms with Crippen molar-refractivity contribution >= 4 is 11.8 Å². The van der Waals surface area contributed by atoms with Crippen LogP contribution in [0.5, 0.6) is 0 Å². The van der Waals surface area contributed by atoms with Gasteiger partial charge in [0.15, 0.2) is 17.5 Å². The number of hydrogen-bond donors (Lipinski definition) is 2. The van der Waals surface area contributed by atoms with Crippen LogP contribution in [0.3, 0.4) is 0 Å². The van der Waals surface area contributed by atoms with Crippen molar-refractivity contribution in [2.24, 2.45) is 0 Å². The number of benzene rings is 1. The molecule has 126 valence electrons. The summed E-state index contributed by atoms with van der Waals surface area (Å²) >= 11 is 0. The van der Waals surface area contributed by atoms with Gasteiger partial charge in [0.2, 0.25) is 11.8 Å². The van der Waals surface area contributed by atoms with Gasteiger partial charge in [-0.2, -0.15) is 0 Å². The van der Waals surface area contributed by atoms with Crippen LogP contribution < -0.4 is 5.32 Å². The van der Waals surface area contributed by atoms with Crippen LogP contribution in [0.15, 0.2) is 12.1 Å². The van der Waals surface area contributed by atoms with Crippen LogP contribution in [0.25, 0.3) is 0 Å². The Morgan fingerprint density at radius 2 is 1.96 bits per heavy atom. The average molecular weight is 330 g/mol. The first-order valence-electron chi connectivity index (χ1n) is 7.18. The average Bonchev–Trinajstić information content (AvgIpc) is 2.99. The third-order valence-corrected chi connectivity index (χ3v) is 3.87. The fourth-order valence-corrected chi connectivity index (χ4v) is 2.69. The smallest absolute Gasteiger partial charge is 0.243 e. The molecule has 1 heterocycles. The molecule has 1 saturated heterocycles. The molecule has 5 nitrogen and oxygen atoms in total. The Hall–Kier alpha value is -2.09. The lowest BCUT2D eigenvalue weighted by molar-refractivity contribution is -0.137. The molecule has 2 atom stereocenters. The molecule has 1 fully saturated rings. The van der Waals surface area contributed by atoms with E-state index in [1.807, 2.05) is 0 Å². The molecule has 1 aromatic rings. The van der Waals surface area contributed by atoms with E-state index in [2.05, 4.69) is 5.32 Å². The Morgan fingerprint density at radius 3 is 2.48 bits per heavy atom. The van der Waals surface area contributed by atoms with Gasteiger partial charge in [-0.1, -0.05) is 0 Å². The van der Waals surface area contributed by atoms with Crippen LogP contribution in [-0.4, -0.2) is 41.0 Å². The highest BCUT2D eigenvalue weighted by Crippen LogP contribution is 2.22. The van der Waals surface area contributed by atoms with E-state index in [0.717, 1.165) is 12.1 Å². The van der Waals surface area contributed by atoms with Crippen molar-refractivity contribution in [1.82, 2.24) is 10.2 Å². The highest BCUT2D eigenvalue weighted by Gasteiger charge is 2.33. The molecule has 0 bridgehead atoms. The van der Waals surface area contributed by atoms with Gasteiger partial charge in [-0.05, 0) is 30.5 Å². The van der Waals surface area contributed by atoms with Crippen LogP contribution in [0.4, 0.5) is 13.2 Å². The molecule has 23 heavy (non-hydrogen) atoms. The lowest BCUT2D eigenvalue weighted by Crippen LogP contribution is -2.46. The molecule has 2 unspecified atom stereocenters. The van der Waals surface area contributed by atoms with Gasteiger partial charge in [0.25, 0.3) is 0 Å². The fraction of sp³-hybridized carbons (Fsp3) is 0.467. The van der Waals surface area contributed by atoms with Gasteiger partial charge in [0.1, 0.15) is 6.04 Å². The molecular formula is C15H17F3N2O3. The van der Waals surface area contributed by atoms with E-state index in [1.54, 1.807) is 0 Å². The number of aliphatic hydroxyl groups is 1. The summed E-state index contributed by atoms with van der Waals surface area (Å²) in [6.07, 6.45) is 1.14. The highest BCUT2D eigenvalue weighted by atomic mass is 19.2. The van der Waals surface area contributed by atoms with Gasteiger partial charge in [-0.25, -0.2) is 13.2 Å². The maximum Gasteiger partial charge on any atom is 0.243 e. The Bertz CT molecular complexity index is 601. The van der Waals surface area contributed by atoms with Crippen molar-refractivity contribution in [3.8, 4) is 0 Å². The SMILES string of the molecule is CC(=O)N1CCCC1C(=O)NC(CO)c1cc(F)c(F)c(F)c1. The Labute approximate surface area is 131 Å². The first-order chi connectivity index (χ1) is 10.8. The Kier molecular flexibility index (Phi) is 5.25. The van der Waals surface area contributed by atoms with Crippen molar-refractivity contribution in [1.29, 1.82) is 0 Å². The zero-order chi connectivity index (χ0) is 17.1. The summed E-state index contributed by atoms with van der Waals surface area (Å²) in [6, 6.07) is -0.341. The van der Waals surface area contributed by atoms with E-state index >= 15 is 0 Å². The Balaban J connectivity index is 2.16. The summed E-state index contributed by atoms with van der Waals surface area (Å²) in [5.74, 6) is -5.20. The number of carbonyl (C=O) groups excluding carboxylic acids is 2. The van der Waals surface area contributed by atoms with Crippen molar-refractivity contribution in [2.75, 3.05) is 13.2 Å². The molecular weight excluding hydrogens is 313 g/mol. The lowest BCUT2D eigenvalue weighted by Gasteiger charge is -2.25. The maximum atomic E-state index is 13.3. The van der Waals surface area contributed by atoms with Crippen LogP contribution >= 0.6 is 0 Å². The van der Waals surface area contributed by atoms with E-state index in [0.29, 0.717) is 19.4 Å². The zero-order valence-electron chi connectivity index (χ0n) is 12.5. The number of aliphatic hydroxyl groups excluding tert-OH is 1. The van der Waals surface area contributed by atoms with Crippen LogP contribution in [-0.2, 0) is 9.59 Å². The summed E-state index contributed by atoms with van der Waals surface area (Å²) in [4.78, 5) is 25.1. The third kappa shape index (κ3) is 3.64. The molecule has 1 aliphatic rings. The number of likely N-dealkylation sites (tertiary alicyclic amines) is 1. The van der Waals surface area contributed by atoms with Gasteiger partial charge in [0.05, 0.1) is 12.6 Å². The molecule has 8 heteroatoms. The molecule has 0 spiro atoms. The zero-order valence-corrected chi connectivity index (χ0v) is 12.5. The topological polar surface area (TPSA) is 69.6 Å². The second-order valence-corrected chi connectivity index (χ2v) is 5.41. The van der Waals surface area contributed by atoms with E-state index in [4.69, 9.17) is 0 Å². The molecule has 0 radical (unpaired) electrons. The number of halogens is 3. The molecule has 2 amide bonds. The van der Waals surface area contributed by atoms with E-state index in [1.165, 1.54) is 11.8 Å². The second-order valence-electron chi connectivity index (χ2n) is 5.41. The van der Waals surface area contributed by atoms with Gasteiger partial charge in [0, 0.05) is 13.5 Å². The quantitative estimate of drug-likeness (QED) is 0.817. The second kappa shape index (κ2) is 6.99. The standard InChI is InChI=1S/C15H17F3N2O3/c1-8(22)20-4-2-3-13(20)15(23)19-12(7-21)9-5-10(16)14(18)11(17)6-9/h5-6,12-13,21H,2-4,7H2,1H3,(H,19,23). The molecule has 1 aliphatic heterocycles. The minimum Gasteiger partial charge on any atom is -0.394 e. The van der Waals surface area contributed by atoms with Crippen LogP contribution in [0.1, 0.15) is 31.4 Å². The van der Waals surface area contributed by atoms with Gasteiger partial charge in [-0.3, -0.25) is 9.59 Å². The van der Waals surface area contributed by atoms with Crippen LogP contribution in [0, 0.1) is 17.5 Å². The van der Waals surface area contributed by atoms with Gasteiger partial charge < -0.3 is 15.3 Å². The highest BCUT2D eigenvalue weighted by molar-refractivity contribution is 5.87. The molecule has 2 rings (SSSR count). The van der Waals surface area contributed by atoms with E-state index < -0.39 is 42.0 Å². The Morgan fingerprint density at radius 1 is 1.35 bits per heavy atom. The monoisotopic (exact) mass is 330 g/mol. The number of nitrogens with zero attached hydrogens (tertiary/aromatic N) is 1. The maximum absolute atomic E-state index is 13.3. The first kappa shape index (κ1) is 17.3. The summed E-state index contributed by atoms with van der Waals surface area (Å²) < 4.78 is 39.5. The molecule has 0 aliphatic carbocycles. The van der Waals surface area contributed by atoms with Crippen molar-refractivity contribution in [3.05, 3.63) is 35.1 Å². The van der Waals surface area contributed by atoms with E-state index in [-0.39, 0.29) is 11.5 Å². The molecule has 1 aromatic carbocycles. The van der Waals surface area contributed by atoms with Crippen LogP contribution in [0.2, 0.25) is 0 Å². The van der Waals surface area contributed by atoms with E-state index in [9.17, 15) is 27.9 Å².